The second-order valence-electron chi connectivity index (χ2n) is 8.16. The normalized spacial score (nSPS) is 19.3. The fraction of sp³-hybridized carbons (Fsp3) is 0.375. The largest absolute Gasteiger partial charge is 0.368 e. The molecule has 0 N–H and O–H groups in total. The Morgan fingerprint density at radius 3 is 2.03 bits per heavy atom. The van der Waals surface area contributed by atoms with Gasteiger partial charge in [-0.25, -0.2) is 0 Å². The van der Waals surface area contributed by atoms with E-state index >= 15 is 0 Å². The summed E-state index contributed by atoms with van der Waals surface area (Å²) < 4.78 is 7.44. The van der Waals surface area contributed by atoms with Gasteiger partial charge in [-0.2, -0.15) is 0 Å². The van der Waals surface area contributed by atoms with Crippen LogP contribution in [0.4, 0.5) is 0 Å². The van der Waals surface area contributed by atoms with Gasteiger partial charge in [0.25, 0.3) is 5.91 Å². The minimum absolute atomic E-state index is 0.0110. The third kappa shape index (κ3) is 3.59. The van der Waals surface area contributed by atoms with Crippen LogP contribution in [0.2, 0.25) is 0 Å². The SMILES string of the molecule is O=C(Cn1c2ccccc2c(=O)c2ccccc21)N1CCN(C(=O)C2CCCO2)CC1. The Morgan fingerprint density at radius 1 is 0.871 bits per heavy atom. The Balaban J connectivity index is 1.37. The zero-order valence-electron chi connectivity index (χ0n) is 17.3. The van der Waals surface area contributed by atoms with Gasteiger partial charge in [-0.3, -0.25) is 14.4 Å². The van der Waals surface area contributed by atoms with Gasteiger partial charge in [0.2, 0.25) is 5.91 Å². The average molecular weight is 419 g/mol. The van der Waals surface area contributed by atoms with E-state index in [4.69, 9.17) is 4.74 Å². The predicted octanol–water partition coefficient (Wildman–Crippen LogP) is 2.00. The van der Waals surface area contributed by atoms with Crippen LogP contribution in [-0.2, 0) is 20.9 Å². The number of carbonyl (C=O) groups excluding carboxylic acids is 2. The fourth-order valence-corrected chi connectivity index (χ4v) is 4.63. The van der Waals surface area contributed by atoms with Crippen molar-refractivity contribution in [3.63, 3.8) is 0 Å². The lowest BCUT2D eigenvalue weighted by molar-refractivity contribution is -0.146. The van der Waals surface area contributed by atoms with E-state index < -0.39 is 0 Å². The lowest BCUT2D eigenvalue weighted by atomic mass is 10.1. The highest BCUT2D eigenvalue weighted by Crippen LogP contribution is 2.20. The van der Waals surface area contributed by atoms with Gasteiger partial charge in [-0.15, -0.1) is 0 Å². The molecule has 2 aromatic carbocycles. The Bertz CT molecular complexity index is 1140. The summed E-state index contributed by atoms with van der Waals surface area (Å²) in [6.45, 7) is 2.87. The van der Waals surface area contributed by atoms with E-state index in [-0.39, 0.29) is 29.9 Å². The molecule has 2 fully saturated rings. The van der Waals surface area contributed by atoms with E-state index in [2.05, 4.69) is 0 Å². The predicted molar refractivity (Wildman–Crippen MR) is 118 cm³/mol. The number of para-hydroxylation sites is 2. The summed E-state index contributed by atoms with van der Waals surface area (Å²) in [5.74, 6) is 0.0326. The van der Waals surface area contributed by atoms with Gasteiger partial charge < -0.3 is 19.1 Å². The molecular weight excluding hydrogens is 394 g/mol. The van der Waals surface area contributed by atoms with E-state index in [1.54, 1.807) is 17.0 Å². The molecule has 7 heteroatoms. The molecule has 3 aromatic rings. The number of amides is 2. The van der Waals surface area contributed by atoms with Crippen LogP contribution in [0.25, 0.3) is 21.8 Å². The maximum atomic E-state index is 13.2. The Kier molecular flexibility index (Phi) is 5.19. The van der Waals surface area contributed by atoms with E-state index in [0.717, 1.165) is 23.9 Å². The summed E-state index contributed by atoms with van der Waals surface area (Å²) in [5, 5.41) is 1.22. The highest BCUT2D eigenvalue weighted by atomic mass is 16.5. The van der Waals surface area contributed by atoms with Crippen LogP contribution in [0, 0.1) is 0 Å². The lowest BCUT2D eigenvalue weighted by Crippen LogP contribution is -2.53. The number of benzene rings is 2. The van der Waals surface area contributed by atoms with E-state index in [0.29, 0.717) is 43.6 Å². The average Bonchev–Trinajstić information content (AvgIpc) is 3.36. The van der Waals surface area contributed by atoms with Crippen molar-refractivity contribution in [3.8, 4) is 0 Å². The maximum Gasteiger partial charge on any atom is 0.251 e. The van der Waals surface area contributed by atoms with Crippen LogP contribution >= 0.6 is 0 Å². The molecule has 0 aliphatic carbocycles. The molecule has 5 rings (SSSR count). The number of nitrogens with zero attached hydrogens (tertiary/aromatic N) is 3. The number of pyridine rings is 1. The number of hydrogen-bond donors (Lipinski definition) is 0. The molecule has 2 aliphatic heterocycles. The third-order valence-corrected chi connectivity index (χ3v) is 6.32. The van der Waals surface area contributed by atoms with Crippen molar-refractivity contribution in [1.29, 1.82) is 0 Å². The molecule has 0 spiro atoms. The number of piperazine rings is 1. The van der Waals surface area contributed by atoms with Gasteiger partial charge in [0.1, 0.15) is 12.6 Å². The molecule has 2 saturated heterocycles. The quantitative estimate of drug-likeness (QED) is 0.609. The number of ether oxygens (including phenoxy) is 1. The lowest BCUT2D eigenvalue weighted by Gasteiger charge is -2.36. The highest BCUT2D eigenvalue weighted by molar-refractivity contribution is 5.95. The van der Waals surface area contributed by atoms with Crippen LogP contribution in [-0.4, -0.2) is 65.1 Å². The number of aromatic nitrogens is 1. The van der Waals surface area contributed by atoms with Crippen molar-refractivity contribution < 1.29 is 14.3 Å². The van der Waals surface area contributed by atoms with Crippen LogP contribution < -0.4 is 5.43 Å². The van der Waals surface area contributed by atoms with Gasteiger partial charge in [0.15, 0.2) is 5.43 Å². The van der Waals surface area contributed by atoms with Gasteiger partial charge >= 0.3 is 0 Å². The highest BCUT2D eigenvalue weighted by Gasteiger charge is 2.31. The van der Waals surface area contributed by atoms with Gasteiger partial charge in [-0.05, 0) is 37.1 Å². The van der Waals surface area contributed by atoms with Crippen molar-refractivity contribution in [1.82, 2.24) is 14.4 Å². The smallest absolute Gasteiger partial charge is 0.251 e. The van der Waals surface area contributed by atoms with E-state index in [1.165, 1.54) is 0 Å². The number of hydrogen-bond acceptors (Lipinski definition) is 4. The van der Waals surface area contributed by atoms with E-state index in [1.807, 2.05) is 45.9 Å². The van der Waals surface area contributed by atoms with Crippen LogP contribution in [0.3, 0.4) is 0 Å². The summed E-state index contributed by atoms with van der Waals surface area (Å²) in [7, 11) is 0. The van der Waals surface area contributed by atoms with E-state index in [9.17, 15) is 14.4 Å². The second-order valence-corrected chi connectivity index (χ2v) is 8.16. The molecule has 1 aromatic heterocycles. The van der Waals surface area contributed by atoms with Crippen LogP contribution in [0.1, 0.15) is 12.8 Å². The first kappa shape index (κ1) is 19.8. The van der Waals surface area contributed by atoms with Crippen molar-refractivity contribution in [2.24, 2.45) is 0 Å². The first-order chi connectivity index (χ1) is 15.1. The Labute approximate surface area is 179 Å². The molecule has 0 radical (unpaired) electrons. The maximum absolute atomic E-state index is 13.2. The van der Waals surface area contributed by atoms with Crippen molar-refractivity contribution in [2.45, 2.75) is 25.5 Å². The first-order valence-electron chi connectivity index (χ1n) is 10.8. The number of rotatable bonds is 3. The molecular formula is C24H25N3O4. The Morgan fingerprint density at radius 2 is 1.45 bits per heavy atom. The molecule has 1 atom stereocenters. The van der Waals surface area contributed by atoms with Gasteiger partial charge in [-0.1, -0.05) is 24.3 Å². The van der Waals surface area contributed by atoms with Gasteiger partial charge in [0.05, 0.1) is 11.0 Å². The van der Waals surface area contributed by atoms with Crippen LogP contribution in [0.5, 0.6) is 0 Å². The summed E-state index contributed by atoms with van der Waals surface area (Å²) in [4.78, 5) is 42.2. The van der Waals surface area contributed by atoms with Crippen molar-refractivity contribution >= 4 is 33.6 Å². The zero-order valence-corrected chi connectivity index (χ0v) is 17.3. The molecule has 1 unspecified atom stereocenters. The minimum Gasteiger partial charge on any atom is -0.368 e. The van der Waals surface area contributed by atoms with Crippen molar-refractivity contribution in [3.05, 3.63) is 58.8 Å². The van der Waals surface area contributed by atoms with Crippen LogP contribution in [0.15, 0.2) is 53.3 Å². The van der Waals surface area contributed by atoms with Gasteiger partial charge in [0, 0.05) is 43.6 Å². The number of fused-ring (bicyclic) bond motifs is 2. The minimum atomic E-state index is -0.318. The third-order valence-electron chi connectivity index (χ3n) is 6.32. The molecule has 2 aliphatic rings. The standard InChI is InChI=1S/C24H25N3O4/c28-22(25-11-13-26(14-12-25)24(30)21-10-5-15-31-21)16-27-19-8-3-1-6-17(19)23(29)18-7-2-4-9-20(18)27/h1-4,6-9,21H,5,10-16H2. The fourth-order valence-electron chi connectivity index (χ4n) is 4.63. The Hall–Kier alpha value is -3.19. The molecule has 160 valence electrons. The molecule has 31 heavy (non-hydrogen) atoms. The monoisotopic (exact) mass is 419 g/mol. The summed E-state index contributed by atoms with van der Waals surface area (Å²) in [5.41, 5.74) is 1.50. The topological polar surface area (TPSA) is 71.9 Å². The summed E-state index contributed by atoms with van der Waals surface area (Å²) >= 11 is 0. The second kappa shape index (κ2) is 8.15. The number of carbonyl (C=O) groups is 2. The molecule has 7 nitrogen and oxygen atoms in total. The first-order valence-corrected chi connectivity index (χ1v) is 10.8. The zero-order chi connectivity index (χ0) is 21.4. The molecule has 0 saturated carbocycles. The molecule has 3 heterocycles. The molecule has 2 amide bonds. The van der Waals surface area contributed by atoms with Crippen molar-refractivity contribution in [2.75, 3.05) is 32.8 Å². The summed E-state index contributed by atoms with van der Waals surface area (Å²) in [6.07, 6.45) is 1.39. The molecule has 0 bridgehead atoms. The summed E-state index contributed by atoms with van der Waals surface area (Å²) in [6, 6.07) is 14.8.